The second-order valence-electron chi connectivity index (χ2n) is 5.19. The van der Waals surface area contributed by atoms with E-state index < -0.39 is 5.54 Å². The Hall–Kier alpha value is -1.88. The van der Waals surface area contributed by atoms with Gasteiger partial charge < -0.3 is 15.5 Å². The average Bonchev–Trinajstić information content (AvgIpc) is 2.36. The monoisotopic (exact) mass is 261 g/mol. The highest BCUT2D eigenvalue weighted by Crippen LogP contribution is 2.12. The van der Waals surface area contributed by atoms with Gasteiger partial charge in [-0.15, -0.1) is 0 Å². The maximum Gasteiger partial charge on any atom is 0.243 e. The van der Waals surface area contributed by atoms with Crippen molar-refractivity contribution >= 4 is 17.5 Å². The summed E-state index contributed by atoms with van der Waals surface area (Å²) in [6.07, 6.45) is 0. The van der Waals surface area contributed by atoms with Crippen LogP contribution in [0.2, 0.25) is 0 Å². The van der Waals surface area contributed by atoms with E-state index in [0.717, 1.165) is 5.69 Å². The minimum atomic E-state index is -0.592. The SMILES string of the molecule is CC1(C)NCCN(CC(=O)Nc2ccccc2)C1=O. The fraction of sp³-hybridized carbons (Fsp3) is 0.429. The van der Waals surface area contributed by atoms with Crippen LogP contribution in [-0.2, 0) is 9.59 Å². The summed E-state index contributed by atoms with van der Waals surface area (Å²) in [4.78, 5) is 25.6. The summed E-state index contributed by atoms with van der Waals surface area (Å²) in [7, 11) is 0. The zero-order chi connectivity index (χ0) is 13.9. The summed E-state index contributed by atoms with van der Waals surface area (Å²) in [6, 6.07) is 9.24. The summed E-state index contributed by atoms with van der Waals surface area (Å²) in [5.74, 6) is -0.209. The van der Waals surface area contributed by atoms with Gasteiger partial charge in [-0.3, -0.25) is 9.59 Å². The predicted molar refractivity (Wildman–Crippen MR) is 73.7 cm³/mol. The smallest absolute Gasteiger partial charge is 0.243 e. The van der Waals surface area contributed by atoms with Crippen LogP contribution in [0.5, 0.6) is 0 Å². The fourth-order valence-corrected chi connectivity index (χ4v) is 2.12. The normalized spacial score (nSPS) is 18.2. The van der Waals surface area contributed by atoms with Gasteiger partial charge in [-0.05, 0) is 26.0 Å². The molecule has 102 valence electrons. The predicted octanol–water partition coefficient (Wildman–Crippen LogP) is 0.835. The molecule has 0 atom stereocenters. The molecule has 0 bridgehead atoms. The van der Waals surface area contributed by atoms with E-state index in [-0.39, 0.29) is 18.4 Å². The molecule has 5 nitrogen and oxygen atoms in total. The van der Waals surface area contributed by atoms with Gasteiger partial charge in [0, 0.05) is 18.8 Å². The minimum Gasteiger partial charge on any atom is -0.331 e. The number of hydrogen-bond acceptors (Lipinski definition) is 3. The minimum absolute atomic E-state index is 0.0399. The molecule has 1 heterocycles. The Kier molecular flexibility index (Phi) is 3.85. The third kappa shape index (κ3) is 3.32. The summed E-state index contributed by atoms with van der Waals surface area (Å²) in [6.45, 7) is 5.02. The van der Waals surface area contributed by atoms with Gasteiger partial charge in [0.25, 0.3) is 0 Å². The lowest BCUT2D eigenvalue weighted by Crippen LogP contribution is -2.62. The van der Waals surface area contributed by atoms with Crippen LogP contribution in [0, 0.1) is 0 Å². The van der Waals surface area contributed by atoms with E-state index in [1.807, 2.05) is 44.2 Å². The van der Waals surface area contributed by atoms with Gasteiger partial charge in [-0.1, -0.05) is 18.2 Å². The van der Waals surface area contributed by atoms with Crippen molar-refractivity contribution in [3.05, 3.63) is 30.3 Å². The van der Waals surface area contributed by atoms with E-state index in [9.17, 15) is 9.59 Å². The zero-order valence-electron chi connectivity index (χ0n) is 11.3. The molecule has 0 aliphatic carbocycles. The number of carbonyl (C=O) groups excluding carboxylic acids is 2. The maximum absolute atomic E-state index is 12.1. The molecule has 2 amide bonds. The van der Waals surface area contributed by atoms with Crippen LogP contribution >= 0.6 is 0 Å². The second kappa shape index (κ2) is 5.40. The average molecular weight is 261 g/mol. The quantitative estimate of drug-likeness (QED) is 0.847. The van der Waals surface area contributed by atoms with Crippen molar-refractivity contribution in [3.8, 4) is 0 Å². The summed E-state index contributed by atoms with van der Waals surface area (Å²) >= 11 is 0. The number of benzene rings is 1. The van der Waals surface area contributed by atoms with Crippen molar-refractivity contribution in [1.82, 2.24) is 10.2 Å². The van der Waals surface area contributed by atoms with Crippen molar-refractivity contribution in [1.29, 1.82) is 0 Å². The van der Waals surface area contributed by atoms with Gasteiger partial charge in [0.15, 0.2) is 0 Å². The van der Waals surface area contributed by atoms with Crippen LogP contribution in [0.3, 0.4) is 0 Å². The molecular formula is C14H19N3O2. The lowest BCUT2D eigenvalue weighted by Gasteiger charge is -2.37. The molecule has 1 aliphatic rings. The molecular weight excluding hydrogens is 242 g/mol. The Bertz CT molecular complexity index is 471. The van der Waals surface area contributed by atoms with Crippen LogP contribution < -0.4 is 10.6 Å². The molecule has 0 spiro atoms. The van der Waals surface area contributed by atoms with Gasteiger partial charge in [0.1, 0.15) is 0 Å². The van der Waals surface area contributed by atoms with Gasteiger partial charge in [0.2, 0.25) is 11.8 Å². The number of amides is 2. The topological polar surface area (TPSA) is 61.4 Å². The van der Waals surface area contributed by atoms with E-state index in [0.29, 0.717) is 13.1 Å². The number of nitrogens with one attached hydrogen (secondary N) is 2. The van der Waals surface area contributed by atoms with E-state index in [1.54, 1.807) is 4.90 Å². The number of carbonyl (C=O) groups is 2. The van der Waals surface area contributed by atoms with Crippen molar-refractivity contribution in [3.63, 3.8) is 0 Å². The summed E-state index contributed by atoms with van der Waals surface area (Å²) < 4.78 is 0. The standard InChI is InChI=1S/C14H19N3O2/c1-14(2)13(19)17(9-8-15-14)10-12(18)16-11-6-4-3-5-7-11/h3-7,15H,8-10H2,1-2H3,(H,16,18). The Morgan fingerprint density at radius 1 is 1.37 bits per heavy atom. The van der Waals surface area contributed by atoms with Gasteiger partial charge in [0.05, 0.1) is 12.1 Å². The van der Waals surface area contributed by atoms with Gasteiger partial charge >= 0.3 is 0 Å². The number of piperazine rings is 1. The lowest BCUT2D eigenvalue weighted by molar-refractivity contribution is -0.142. The Balaban J connectivity index is 1.94. The Morgan fingerprint density at radius 3 is 2.74 bits per heavy atom. The van der Waals surface area contributed by atoms with E-state index >= 15 is 0 Å². The Labute approximate surface area is 113 Å². The molecule has 2 rings (SSSR count). The molecule has 1 aromatic rings. The third-order valence-corrected chi connectivity index (χ3v) is 3.16. The first-order valence-electron chi connectivity index (χ1n) is 6.38. The number of para-hydroxylation sites is 1. The first-order chi connectivity index (χ1) is 8.99. The molecule has 1 fully saturated rings. The highest BCUT2D eigenvalue weighted by Gasteiger charge is 2.35. The molecule has 1 aliphatic heterocycles. The van der Waals surface area contributed by atoms with E-state index in [1.165, 1.54) is 0 Å². The second-order valence-corrected chi connectivity index (χ2v) is 5.19. The van der Waals surface area contributed by atoms with Crippen molar-refractivity contribution in [2.24, 2.45) is 0 Å². The molecule has 0 unspecified atom stereocenters. The molecule has 5 heteroatoms. The highest BCUT2D eigenvalue weighted by molar-refractivity contribution is 5.96. The van der Waals surface area contributed by atoms with E-state index in [4.69, 9.17) is 0 Å². The molecule has 2 N–H and O–H groups in total. The lowest BCUT2D eigenvalue weighted by atomic mass is 10.0. The van der Waals surface area contributed by atoms with E-state index in [2.05, 4.69) is 10.6 Å². The van der Waals surface area contributed by atoms with Gasteiger partial charge in [-0.25, -0.2) is 0 Å². The molecule has 1 saturated heterocycles. The zero-order valence-corrected chi connectivity index (χ0v) is 11.3. The van der Waals surface area contributed by atoms with Crippen molar-refractivity contribution in [2.45, 2.75) is 19.4 Å². The van der Waals surface area contributed by atoms with Crippen molar-refractivity contribution in [2.75, 3.05) is 25.0 Å². The van der Waals surface area contributed by atoms with Crippen LogP contribution in [0.4, 0.5) is 5.69 Å². The number of hydrogen-bond donors (Lipinski definition) is 2. The third-order valence-electron chi connectivity index (χ3n) is 3.16. The maximum atomic E-state index is 12.1. The molecule has 1 aromatic carbocycles. The molecule has 19 heavy (non-hydrogen) atoms. The number of nitrogens with zero attached hydrogens (tertiary/aromatic N) is 1. The molecule has 0 radical (unpaired) electrons. The van der Waals surface area contributed by atoms with Crippen LogP contribution in [0.1, 0.15) is 13.8 Å². The summed E-state index contributed by atoms with van der Waals surface area (Å²) in [5, 5.41) is 5.92. The van der Waals surface area contributed by atoms with Crippen molar-refractivity contribution < 1.29 is 9.59 Å². The number of rotatable bonds is 3. The highest BCUT2D eigenvalue weighted by atomic mass is 16.2. The first kappa shape index (κ1) is 13.5. The van der Waals surface area contributed by atoms with Crippen LogP contribution in [0.25, 0.3) is 0 Å². The van der Waals surface area contributed by atoms with Gasteiger partial charge in [-0.2, -0.15) is 0 Å². The fourth-order valence-electron chi connectivity index (χ4n) is 2.12. The van der Waals surface area contributed by atoms with Crippen LogP contribution in [-0.4, -0.2) is 41.9 Å². The van der Waals surface area contributed by atoms with Crippen LogP contribution in [0.15, 0.2) is 30.3 Å². The molecule has 0 aromatic heterocycles. The Morgan fingerprint density at radius 2 is 2.05 bits per heavy atom. The number of anilines is 1. The largest absolute Gasteiger partial charge is 0.331 e. The first-order valence-corrected chi connectivity index (χ1v) is 6.38. The molecule has 0 saturated carbocycles. The summed E-state index contributed by atoms with van der Waals surface area (Å²) in [5.41, 5.74) is 0.153.